The summed E-state index contributed by atoms with van der Waals surface area (Å²) < 4.78 is 26.6. The fraction of sp³-hybridized carbons (Fsp3) is 0.500. The largest absolute Gasteiger partial charge is 0.330 e. The van der Waals surface area contributed by atoms with Crippen molar-refractivity contribution in [2.45, 2.75) is 17.7 Å². The van der Waals surface area contributed by atoms with E-state index in [-0.39, 0.29) is 27.3 Å². The maximum atomic E-state index is 12.6. The van der Waals surface area contributed by atoms with Crippen molar-refractivity contribution in [2.24, 2.45) is 11.7 Å². The highest BCUT2D eigenvalue weighted by atomic mass is 35.5. The van der Waals surface area contributed by atoms with Crippen molar-refractivity contribution in [3.63, 3.8) is 0 Å². The Morgan fingerprint density at radius 3 is 2.05 bits per heavy atom. The fourth-order valence-corrected chi connectivity index (χ4v) is 5.25. The van der Waals surface area contributed by atoms with Crippen LogP contribution >= 0.6 is 47.2 Å². The third-order valence-corrected chi connectivity index (χ3v) is 6.51. The second-order valence-corrected chi connectivity index (χ2v) is 7.91. The monoisotopic (exact) mass is 392 g/mol. The quantitative estimate of drug-likeness (QED) is 0.855. The number of rotatable bonds is 3. The summed E-state index contributed by atoms with van der Waals surface area (Å²) in [7, 11) is -3.70. The van der Waals surface area contributed by atoms with Gasteiger partial charge in [-0.1, -0.05) is 34.8 Å². The number of sulfonamides is 1. The Morgan fingerprint density at radius 2 is 1.62 bits per heavy atom. The van der Waals surface area contributed by atoms with Crippen molar-refractivity contribution in [3.05, 3.63) is 27.2 Å². The Hall–Kier alpha value is 0.250. The minimum Gasteiger partial charge on any atom is -0.330 e. The summed E-state index contributed by atoms with van der Waals surface area (Å²) in [6, 6.07) is 2.77. The van der Waals surface area contributed by atoms with E-state index in [4.69, 9.17) is 40.5 Å². The van der Waals surface area contributed by atoms with Gasteiger partial charge in [0.15, 0.2) is 0 Å². The Bertz CT molecular complexity index is 578. The molecule has 0 unspecified atom stereocenters. The Morgan fingerprint density at radius 1 is 1.14 bits per heavy atom. The summed E-state index contributed by atoms with van der Waals surface area (Å²) in [4.78, 5) is -0.0727. The minimum absolute atomic E-state index is 0. The molecule has 0 atom stereocenters. The molecule has 1 aromatic carbocycles. The van der Waals surface area contributed by atoms with Crippen molar-refractivity contribution in [3.8, 4) is 0 Å². The Labute approximate surface area is 146 Å². The molecule has 1 saturated heterocycles. The summed E-state index contributed by atoms with van der Waals surface area (Å²) in [5.41, 5.74) is 5.61. The number of hydrogen-bond donors (Lipinski definition) is 1. The van der Waals surface area contributed by atoms with Gasteiger partial charge in [-0.2, -0.15) is 4.31 Å². The topological polar surface area (TPSA) is 63.4 Å². The first kappa shape index (κ1) is 19.3. The first-order valence-electron chi connectivity index (χ1n) is 6.21. The van der Waals surface area contributed by atoms with Crippen LogP contribution < -0.4 is 5.73 Å². The molecule has 0 saturated carbocycles. The molecule has 1 fully saturated rings. The lowest BCUT2D eigenvalue weighted by Gasteiger charge is -2.31. The van der Waals surface area contributed by atoms with Gasteiger partial charge in [-0.05, 0) is 37.4 Å². The number of halogens is 4. The van der Waals surface area contributed by atoms with E-state index < -0.39 is 10.0 Å². The average molecular weight is 394 g/mol. The number of hydrogen-bond acceptors (Lipinski definition) is 3. The van der Waals surface area contributed by atoms with E-state index in [1.165, 1.54) is 16.4 Å². The van der Waals surface area contributed by atoms with Crippen molar-refractivity contribution in [1.82, 2.24) is 4.31 Å². The van der Waals surface area contributed by atoms with Crippen molar-refractivity contribution >= 4 is 57.2 Å². The van der Waals surface area contributed by atoms with Crippen LogP contribution in [-0.4, -0.2) is 32.4 Å². The molecule has 0 aromatic heterocycles. The second-order valence-electron chi connectivity index (χ2n) is 4.78. The summed E-state index contributed by atoms with van der Waals surface area (Å²) in [5, 5.41) is 0.396. The van der Waals surface area contributed by atoms with E-state index in [9.17, 15) is 8.42 Å². The van der Waals surface area contributed by atoms with Gasteiger partial charge in [0.2, 0.25) is 10.0 Å². The van der Waals surface area contributed by atoms with Crippen molar-refractivity contribution in [2.75, 3.05) is 19.6 Å². The van der Waals surface area contributed by atoms with Crippen LogP contribution in [-0.2, 0) is 10.0 Å². The summed E-state index contributed by atoms with van der Waals surface area (Å²) in [6.45, 7) is 1.44. The van der Waals surface area contributed by atoms with E-state index in [1.807, 2.05) is 0 Å². The van der Waals surface area contributed by atoms with E-state index >= 15 is 0 Å². The van der Waals surface area contributed by atoms with Gasteiger partial charge in [0.1, 0.15) is 4.90 Å². The molecular formula is C12H16Cl4N2O2S. The van der Waals surface area contributed by atoms with Gasteiger partial charge in [-0.15, -0.1) is 12.4 Å². The van der Waals surface area contributed by atoms with Gasteiger partial charge in [0.25, 0.3) is 0 Å². The van der Waals surface area contributed by atoms with E-state index in [0.717, 1.165) is 12.8 Å². The zero-order valence-corrected chi connectivity index (χ0v) is 15.0. The standard InChI is InChI=1S/C12H15Cl3N2O2S.ClH/c13-9-5-10(14)12(11(15)6-9)20(18,19)17-3-1-8(7-16)2-4-17;/h5-6,8H,1-4,7,16H2;1H. The van der Waals surface area contributed by atoms with Gasteiger partial charge >= 0.3 is 0 Å². The molecule has 0 amide bonds. The van der Waals surface area contributed by atoms with Crippen LogP contribution in [0.4, 0.5) is 0 Å². The molecular weight excluding hydrogens is 378 g/mol. The van der Waals surface area contributed by atoms with Crippen molar-refractivity contribution < 1.29 is 8.42 Å². The smallest absolute Gasteiger partial charge is 0.246 e. The van der Waals surface area contributed by atoms with Crippen LogP contribution in [0.25, 0.3) is 0 Å². The molecule has 1 aromatic rings. The lowest BCUT2D eigenvalue weighted by atomic mass is 9.99. The molecule has 21 heavy (non-hydrogen) atoms. The third-order valence-electron chi connectivity index (χ3n) is 3.47. The van der Waals surface area contributed by atoms with Crippen molar-refractivity contribution in [1.29, 1.82) is 0 Å². The highest BCUT2D eigenvalue weighted by molar-refractivity contribution is 7.89. The summed E-state index contributed by atoms with van der Waals surface area (Å²) in [6.07, 6.45) is 1.50. The number of nitrogens with two attached hydrogens (primary N) is 1. The van der Waals surface area contributed by atoms with Crippen LogP contribution in [0.2, 0.25) is 15.1 Å². The van der Waals surface area contributed by atoms with Crippen LogP contribution in [0.15, 0.2) is 17.0 Å². The first-order valence-corrected chi connectivity index (χ1v) is 8.78. The molecule has 9 heteroatoms. The molecule has 2 rings (SSSR count). The normalized spacial score (nSPS) is 17.5. The van der Waals surface area contributed by atoms with Gasteiger partial charge < -0.3 is 5.73 Å². The molecule has 1 aliphatic heterocycles. The molecule has 1 heterocycles. The molecule has 120 valence electrons. The predicted molar refractivity (Wildman–Crippen MR) is 89.3 cm³/mol. The van der Waals surface area contributed by atoms with Crippen LogP contribution in [0, 0.1) is 5.92 Å². The number of piperidine rings is 1. The predicted octanol–water partition coefficient (Wildman–Crippen LogP) is 3.43. The lowest BCUT2D eigenvalue weighted by Crippen LogP contribution is -2.40. The van der Waals surface area contributed by atoms with Gasteiger partial charge in [0.05, 0.1) is 10.0 Å². The lowest BCUT2D eigenvalue weighted by molar-refractivity contribution is 0.278. The zero-order chi connectivity index (χ0) is 14.9. The van der Waals surface area contributed by atoms with Gasteiger partial charge in [-0.3, -0.25) is 0 Å². The second kappa shape index (κ2) is 7.68. The van der Waals surface area contributed by atoms with Crippen LogP contribution in [0.5, 0.6) is 0 Å². The van der Waals surface area contributed by atoms with Gasteiger partial charge in [-0.25, -0.2) is 8.42 Å². The molecule has 2 N–H and O–H groups in total. The van der Waals surface area contributed by atoms with E-state index in [0.29, 0.717) is 30.6 Å². The SMILES string of the molecule is Cl.NCC1CCN(S(=O)(=O)c2c(Cl)cc(Cl)cc2Cl)CC1. The van der Waals surface area contributed by atoms with Gasteiger partial charge in [0, 0.05) is 18.1 Å². The molecule has 4 nitrogen and oxygen atoms in total. The van der Waals surface area contributed by atoms with Crippen LogP contribution in [0.3, 0.4) is 0 Å². The Balaban J connectivity index is 0.00000220. The summed E-state index contributed by atoms with van der Waals surface area (Å²) >= 11 is 17.8. The molecule has 0 bridgehead atoms. The summed E-state index contributed by atoms with van der Waals surface area (Å²) in [5.74, 6) is 0.373. The molecule has 0 aliphatic carbocycles. The zero-order valence-electron chi connectivity index (χ0n) is 11.1. The number of benzene rings is 1. The average Bonchev–Trinajstić information content (AvgIpc) is 2.37. The van der Waals surface area contributed by atoms with E-state index in [2.05, 4.69) is 0 Å². The van der Waals surface area contributed by atoms with Crippen LogP contribution in [0.1, 0.15) is 12.8 Å². The molecule has 0 radical (unpaired) electrons. The highest BCUT2D eigenvalue weighted by Gasteiger charge is 2.32. The maximum Gasteiger partial charge on any atom is 0.246 e. The highest BCUT2D eigenvalue weighted by Crippen LogP contribution is 2.35. The van der Waals surface area contributed by atoms with E-state index in [1.54, 1.807) is 0 Å². The minimum atomic E-state index is -3.70. The third kappa shape index (κ3) is 4.16. The maximum absolute atomic E-state index is 12.6. The Kier molecular flexibility index (Phi) is 7.06. The number of nitrogens with zero attached hydrogens (tertiary/aromatic N) is 1. The fourth-order valence-electron chi connectivity index (χ4n) is 2.29. The first-order chi connectivity index (χ1) is 9.36. The molecule has 0 spiro atoms. The molecule has 1 aliphatic rings.